The number of aromatic amines is 1. The van der Waals surface area contributed by atoms with Gasteiger partial charge in [0.05, 0.1) is 12.6 Å². The number of anilines is 1. The Kier molecular flexibility index (Phi) is 5.23. The van der Waals surface area contributed by atoms with E-state index in [1.54, 1.807) is 42.5 Å². The topological polar surface area (TPSA) is 117 Å². The van der Waals surface area contributed by atoms with Gasteiger partial charge in [-0.05, 0) is 42.0 Å². The van der Waals surface area contributed by atoms with Crippen molar-refractivity contribution in [3.63, 3.8) is 0 Å². The molecule has 0 atom stereocenters. The molecule has 0 aliphatic carbocycles. The molecule has 0 aliphatic rings. The molecule has 1 heterocycles. The normalized spacial score (nSPS) is 10.7. The number of aromatic nitrogens is 1. The molecular formula is C19H15N3O5. The lowest BCUT2D eigenvalue weighted by Crippen LogP contribution is -2.07. The highest BCUT2D eigenvalue weighted by Gasteiger charge is 2.06. The molecule has 1 amide bonds. The molecule has 0 aliphatic heterocycles. The molecule has 0 saturated heterocycles. The molecule has 0 unspecified atom stereocenters. The van der Waals surface area contributed by atoms with Crippen LogP contribution in [0.2, 0.25) is 0 Å². The van der Waals surface area contributed by atoms with Crippen molar-refractivity contribution in [1.29, 1.82) is 5.26 Å². The van der Waals surface area contributed by atoms with E-state index in [1.807, 2.05) is 6.07 Å². The minimum atomic E-state index is -0.551. The number of nitriles is 1. The number of ether oxygens (including phenoxy) is 2. The second-order valence-corrected chi connectivity index (χ2v) is 5.41. The summed E-state index contributed by atoms with van der Waals surface area (Å²) in [4.78, 5) is 25.8. The molecule has 2 aromatic carbocycles. The van der Waals surface area contributed by atoms with Gasteiger partial charge in [0.15, 0.2) is 23.7 Å². The third kappa shape index (κ3) is 4.35. The first kappa shape index (κ1) is 17.8. The minimum absolute atomic E-state index is 0.0831. The first-order chi connectivity index (χ1) is 13.1. The highest BCUT2D eigenvalue weighted by molar-refractivity contribution is 6.02. The number of amides is 1. The maximum absolute atomic E-state index is 12.1. The van der Waals surface area contributed by atoms with Crippen LogP contribution in [0.4, 0.5) is 5.69 Å². The van der Waals surface area contributed by atoms with Gasteiger partial charge in [0.1, 0.15) is 6.07 Å². The van der Waals surface area contributed by atoms with Crippen LogP contribution in [0.3, 0.4) is 0 Å². The SMILES string of the molecule is COc1cc(/C=C/C(=O)Nc2ccc3oc(=O)[nH]c3c2)ccc1OCC#N. The number of methoxy groups -OCH3 is 1. The van der Waals surface area contributed by atoms with Gasteiger partial charge in [-0.3, -0.25) is 9.78 Å². The molecule has 136 valence electrons. The van der Waals surface area contributed by atoms with Crippen molar-refractivity contribution in [2.45, 2.75) is 0 Å². The van der Waals surface area contributed by atoms with E-state index in [-0.39, 0.29) is 12.5 Å². The number of hydrogen-bond acceptors (Lipinski definition) is 6. The number of nitrogens with zero attached hydrogens (tertiary/aromatic N) is 1. The molecule has 0 spiro atoms. The zero-order valence-electron chi connectivity index (χ0n) is 14.3. The van der Waals surface area contributed by atoms with E-state index in [4.69, 9.17) is 19.2 Å². The second kappa shape index (κ2) is 7.93. The van der Waals surface area contributed by atoms with Crippen LogP contribution in [0.25, 0.3) is 17.2 Å². The van der Waals surface area contributed by atoms with Crippen LogP contribution in [-0.4, -0.2) is 24.6 Å². The summed E-state index contributed by atoms with van der Waals surface area (Å²) in [5, 5.41) is 11.3. The molecule has 1 aromatic heterocycles. The van der Waals surface area contributed by atoms with Gasteiger partial charge in [0.25, 0.3) is 0 Å². The second-order valence-electron chi connectivity index (χ2n) is 5.41. The van der Waals surface area contributed by atoms with Crippen molar-refractivity contribution >= 4 is 28.8 Å². The van der Waals surface area contributed by atoms with Crippen molar-refractivity contribution < 1.29 is 18.7 Å². The van der Waals surface area contributed by atoms with E-state index in [1.165, 1.54) is 13.2 Å². The number of H-pyrrole nitrogens is 1. The Morgan fingerprint density at radius 2 is 2.15 bits per heavy atom. The van der Waals surface area contributed by atoms with Gasteiger partial charge in [-0.2, -0.15) is 5.26 Å². The number of nitrogens with one attached hydrogen (secondary N) is 2. The lowest BCUT2D eigenvalue weighted by molar-refractivity contribution is -0.111. The summed E-state index contributed by atoms with van der Waals surface area (Å²) >= 11 is 0. The Morgan fingerprint density at radius 1 is 1.30 bits per heavy atom. The number of fused-ring (bicyclic) bond motifs is 1. The van der Waals surface area contributed by atoms with Gasteiger partial charge >= 0.3 is 5.76 Å². The smallest absolute Gasteiger partial charge is 0.417 e. The van der Waals surface area contributed by atoms with Crippen molar-refractivity contribution in [3.8, 4) is 17.6 Å². The summed E-state index contributed by atoms with van der Waals surface area (Å²) in [7, 11) is 1.49. The van der Waals surface area contributed by atoms with Crippen LogP contribution < -0.4 is 20.5 Å². The van der Waals surface area contributed by atoms with Gasteiger partial charge in [0, 0.05) is 11.8 Å². The fraction of sp³-hybridized carbons (Fsp3) is 0.105. The number of carbonyl (C=O) groups excluding carboxylic acids is 1. The molecule has 3 rings (SSSR count). The molecular weight excluding hydrogens is 350 g/mol. The summed E-state index contributed by atoms with van der Waals surface area (Å²) in [6.07, 6.45) is 2.98. The number of hydrogen-bond donors (Lipinski definition) is 2. The quantitative estimate of drug-likeness (QED) is 0.649. The zero-order valence-corrected chi connectivity index (χ0v) is 14.3. The summed E-state index contributed by atoms with van der Waals surface area (Å²) in [6.45, 7) is -0.0831. The number of rotatable bonds is 6. The van der Waals surface area contributed by atoms with Crippen molar-refractivity contribution in [1.82, 2.24) is 4.98 Å². The molecule has 0 saturated carbocycles. The molecule has 27 heavy (non-hydrogen) atoms. The number of benzene rings is 2. The van der Waals surface area contributed by atoms with Crippen molar-refractivity contribution in [2.75, 3.05) is 19.0 Å². The van der Waals surface area contributed by atoms with E-state index >= 15 is 0 Å². The minimum Gasteiger partial charge on any atom is -0.493 e. The monoisotopic (exact) mass is 365 g/mol. The highest BCUT2D eigenvalue weighted by atomic mass is 16.5. The van der Waals surface area contributed by atoms with Crippen molar-refractivity contribution in [2.24, 2.45) is 0 Å². The van der Waals surface area contributed by atoms with Gasteiger partial charge in [0.2, 0.25) is 5.91 Å². The van der Waals surface area contributed by atoms with Gasteiger partial charge in [-0.15, -0.1) is 0 Å². The molecule has 3 aromatic rings. The average Bonchev–Trinajstić information content (AvgIpc) is 3.04. The zero-order chi connectivity index (χ0) is 19.2. The Bertz CT molecular complexity index is 1100. The fourth-order valence-corrected chi connectivity index (χ4v) is 2.40. The first-order valence-electron chi connectivity index (χ1n) is 7.89. The Balaban J connectivity index is 1.70. The van der Waals surface area contributed by atoms with Crippen LogP contribution in [0.15, 0.2) is 51.7 Å². The maximum Gasteiger partial charge on any atom is 0.417 e. The average molecular weight is 365 g/mol. The van der Waals surface area contributed by atoms with Crippen molar-refractivity contribution in [3.05, 3.63) is 58.6 Å². The molecule has 2 N–H and O–H groups in total. The van der Waals surface area contributed by atoms with Crippen LogP contribution >= 0.6 is 0 Å². The lowest BCUT2D eigenvalue weighted by Gasteiger charge is -2.08. The largest absolute Gasteiger partial charge is 0.493 e. The maximum atomic E-state index is 12.1. The summed E-state index contributed by atoms with van der Waals surface area (Å²) < 4.78 is 15.4. The van der Waals surface area contributed by atoms with E-state index in [9.17, 15) is 9.59 Å². The van der Waals surface area contributed by atoms with Crippen LogP contribution in [-0.2, 0) is 4.79 Å². The van der Waals surface area contributed by atoms with Crippen LogP contribution in [0.5, 0.6) is 11.5 Å². The summed E-state index contributed by atoms with van der Waals surface area (Å²) in [5.74, 6) is 0.0127. The highest BCUT2D eigenvalue weighted by Crippen LogP contribution is 2.28. The first-order valence-corrected chi connectivity index (χ1v) is 7.89. The predicted molar refractivity (Wildman–Crippen MR) is 98.6 cm³/mol. The number of oxazole rings is 1. The third-order valence-corrected chi connectivity index (χ3v) is 3.59. The van der Waals surface area contributed by atoms with Gasteiger partial charge in [-0.25, -0.2) is 4.79 Å². The molecule has 0 radical (unpaired) electrons. The Hall–Kier alpha value is -3.99. The van der Waals surface area contributed by atoms with E-state index < -0.39 is 5.76 Å². The third-order valence-electron chi connectivity index (χ3n) is 3.59. The predicted octanol–water partition coefficient (Wildman–Crippen LogP) is 2.68. The molecule has 8 heteroatoms. The Morgan fingerprint density at radius 3 is 2.93 bits per heavy atom. The number of carbonyl (C=O) groups is 1. The lowest BCUT2D eigenvalue weighted by atomic mass is 10.2. The molecule has 0 bridgehead atoms. The standard InChI is InChI=1S/C19H15N3O5/c1-25-17-10-12(2-5-16(17)26-9-8-20)3-7-18(23)21-13-4-6-15-14(11-13)22-19(24)27-15/h2-7,10-11H,9H2,1H3,(H,21,23)(H,22,24)/b7-3+. The van der Waals surface area contributed by atoms with E-state index in [0.717, 1.165) is 5.56 Å². The van der Waals surface area contributed by atoms with E-state index in [2.05, 4.69) is 10.3 Å². The van der Waals surface area contributed by atoms with Crippen LogP contribution in [0.1, 0.15) is 5.56 Å². The summed E-state index contributed by atoms with van der Waals surface area (Å²) in [6, 6.07) is 11.8. The van der Waals surface area contributed by atoms with Gasteiger partial charge < -0.3 is 19.2 Å². The molecule has 0 fully saturated rings. The van der Waals surface area contributed by atoms with Gasteiger partial charge in [-0.1, -0.05) is 6.07 Å². The van der Waals surface area contributed by atoms with E-state index in [0.29, 0.717) is 28.3 Å². The summed E-state index contributed by atoms with van der Waals surface area (Å²) in [5.41, 5.74) is 2.16. The fourth-order valence-electron chi connectivity index (χ4n) is 2.40. The molecule has 8 nitrogen and oxygen atoms in total. The van der Waals surface area contributed by atoms with Crippen LogP contribution in [0, 0.1) is 11.3 Å². The Labute approximate surface area is 153 Å².